The van der Waals surface area contributed by atoms with E-state index in [1.807, 2.05) is 65.0 Å². The molecular formula is C35H56Cl2N5O4+. The molecule has 9 nitrogen and oxygen atoms in total. The van der Waals surface area contributed by atoms with Gasteiger partial charge in [0.05, 0.1) is 29.7 Å². The van der Waals surface area contributed by atoms with Crippen LogP contribution in [-0.2, 0) is 14.3 Å². The summed E-state index contributed by atoms with van der Waals surface area (Å²) in [5, 5.41) is 4.52. The quantitative estimate of drug-likeness (QED) is 0.334. The van der Waals surface area contributed by atoms with E-state index in [4.69, 9.17) is 27.9 Å². The molecule has 3 aliphatic heterocycles. The van der Waals surface area contributed by atoms with Crippen LogP contribution >= 0.6 is 23.2 Å². The van der Waals surface area contributed by atoms with Gasteiger partial charge in [0.25, 0.3) is 5.91 Å². The van der Waals surface area contributed by atoms with Crippen molar-refractivity contribution in [3.63, 3.8) is 0 Å². The summed E-state index contributed by atoms with van der Waals surface area (Å²) >= 11 is 12.9. The number of halogens is 2. The van der Waals surface area contributed by atoms with E-state index in [1.165, 1.54) is 6.42 Å². The van der Waals surface area contributed by atoms with E-state index in [1.54, 1.807) is 9.80 Å². The molecule has 1 unspecified atom stereocenters. The van der Waals surface area contributed by atoms with Crippen molar-refractivity contribution in [3.8, 4) is 0 Å². The van der Waals surface area contributed by atoms with Gasteiger partial charge < -0.3 is 29.2 Å². The maximum atomic E-state index is 14.1. The zero-order valence-electron chi connectivity index (χ0n) is 28.9. The smallest absolute Gasteiger partial charge is 0.410 e. The molecule has 11 heteroatoms. The van der Waals surface area contributed by atoms with Gasteiger partial charge in [-0.3, -0.25) is 9.59 Å². The Hall–Kier alpha value is -2.07. The van der Waals surface area contributed by atoms with Gasteiger partial charge in [-0.05, 0) is 70.6 Å². The first-order chi connectivity index (χ1) is 21.7. The lowest BCUT2D eigenvalue weighted by Gasteiger charge is -2.56. The maximum Gasteiger partial charge on any atom is 0.410 e. The van der Waals surface area contributed by atoms with Gasteiger partial charge in [0.15, 0.2) is 5.54 Å². The number of hydrogen-bond donors (Lipinski definition) is 1. The molecule has 4 rings (SSSR count). The SMILES string of the molecule is CN(C)C(=O)C1([N+]2(CCC(CN(C)C(=O)C3CCN(C(=O)OC(C)(C)C)CC3)c3ccc(Cl)c(Cl)c3)CCCCC2)CCNCC1. The highest BCUT2D eigenvalue weighted by Crippen LogP contribution is 2.41. The molecule has 3 fully saturated rings. The van der Waals surface area contributed by atoms with Crippen LogP contribution in [0.5, 0.6) is 0 Å². The van der Waals surface area contributed by atoms with Crippen LogP contribution in [-0.4, -0.2) is 122 Å². The predicted molar refractivity (Wildman–Crippen MR) is 184 cm³/mol. The van der Waals surface area contributed by atoms with Gasteiger partial charge in [0.1, 0.15) is 5.60 Å². The van der Waals surface area contributed by atoms with Crippen LogP contribution in [0, 0.1) is 5.92 Å². The van der Waals surface area contributed by atoms with Gasteiger partial charge in [-0.15, -0.1) is 0 Å². The number of rotatable bonds is 9. The molecule has 1 atom stereocenters. The lowest BCUT2D eigenvalue weighted by Crippen LogP contribution is -2.74. The third-order valence-corrected chi connectivity index (χ3v) is 11.2. The highest BCUT2D eigenvalue weighted by Gasteiger charge is 2.57. The number of likely N-dealkylation sites (N-methyl/N-ethyl adjacent to an activating group) is 2. The van der Waals surface area contributed by atoms with Crippen molar-refractivity contribution < 1.29 is 23.6 Å². The summed E-state index contributed by atoms with van der Waals surface area (Å²) in [5.74, 6) is 0.227. The number of nitrogens with one attached hydrogen (secondary N) is 1. The minimum Gasteiger partial charge on any atom is -0.444 e. The number of carbonyl (C=O) groups excluding carboxylic acids is 3. The number of nitrogens with zero attached hydrogens (tertiary/aromatic N) is 4. The summed E-state index contributed by atoms with van der Waals surface area (Å²) in [5.41, 5.74) is 0.0645. The van der Waals surface area contributed by atoms with Gasteiger partial charge in [0, 0.05) is 85.0 Å². The third kappa shape index (κ3) is 8.50. The van der Waals surface area contributed by atoms with Gasteiger partial charge >= 0.3 is 6.09 Å². The summed E-state index contributed by atoms with van der Waals surface area (Å²) < 4.78 is 6.36. The van der Waals surface area contributed by atoms with Crippen LogP contribution in [0.4, 0.5) is 4.79 Å². The molecule has 0 radical (unpaired) electrons. The van der Waals surface area contributed by atoms with Gasteiger partial charge in [-0.25, -0.2) is 4.79 Å². The highest BCUT2D eigenvalue weighted by molar-refractivity contribution is 6.42. The summed E-state index contributed by atoms with van der Waals surface area (Å²) in [4.78, 5) is 45.8. The van der Waals surface area contributed by atoms with Crippen LogP contribution in [0.15, 0.2) is 18.2 Å². The zero-order valence-corrected chi connectivity index (χ0v) is 30.4. The van der Waals surface area contributed by atoms with Crippen molar-refractivity contribution >= 4 is 41.1 Å². The second-order valence-corrected chi connectivity index (χ2v) is 15.8. The van der Waals surface area contributed by atoms with E-state index in [0.29, 0.717) is 42.5 Å². The summed E-state index contributed by atoms with van der Waals surface area (Å²) in [6, 6.07) is 5.82. The minimum absolute atomic E-state index is 0.0238. The Kier molecular flexibility index (Phi) is 12.3. The van der Waals surface area contributed by atoms with E-state index >= 15 is 0 Å². The van der Waals surface area contributed by atoms with Crippen LogP contribution in [0.25, 0.3) is 0 Å². The topological polar surface area (TPSA) is 82.2 Å². The molecule has 3 amide bonds. The fraction of sp³-hybridized carbons (Fsp3) is 0.743. The number of benzene rings is 1. The standard InChI is InChI=1S/C35H56Cl2N5O4/c1-34(2,3)46-33(45)41-19-12-26(13-20-41)31(43)40(6)25-28(27-10-11-29(36)30(37)24-27)14-23-42(21-8-7-9-22-42)35(32(44)39(4)5)15-17-38-18-16-35/h10-11,24,26,28,38H,7-9,12-23,25H2,1-6H3/q+1. The lowest BCUT2D eigenvalue weighted by atomic mass is 9.79. The van der Waals surface area contributed by atoms with Crippen molar-refractivity contribution in [2.24, 2.45) is 5.92 Å². The van der Waals surface area contributed by atoms with E-state index in [2.05, 4.69) is 5.32 Å². The first-order valence-electron chi connectivity index (χ1n) is 17.1. The molecule has 46 heavy (non-hydrogen) atoms. The molecule has 3 aliphatic rings. The van der Waals surface area contributed by atoms with Crippen LogP contribution in [0.2, 0.25) is 10.0 Å². The average Bonchev–Trinajstić information content (AvgIpc) is 3.03. The molecule has 0 spiro atoms. The van der Waals surface area contributed by atoms with E-state index in [-0.39, 0.29) is 29.7 Å². The number of amides is 3. The van der Waals surface area contributed by atoms with Crippen molar-refractivity contribution in [1.29, 1.82) is 0 Å². The molecule has 0 aliphatic carbocycles. The predicted octanol–water partition coefficient (Wildman–Crippen LogP) is 5.78. The van der Waals surface area contributed by atoms with Crippen LogP contribution in [0.1, 0.15) is 83.6 Å². The summed E-state index contributed by atoms with van der Waals surface area (Å²) in [6.07, 6.45) is 6.84. The highest BCUT2D eigenvalue weighted by atomic mass is 35.5. The molecule has 1 aromatic carbocycles. The molecule has 258 valence electrons. The van der Waals surface area contributed by atoms with E-state index in [9.17, 15) is 14.4 Å². The number of quaternary nitrogens is 1. The van der Waals surface area contributed by atoms with Crippen molar-refractivity contribution in [1.82, 2.24) is 20.0 Å². The average molecular weight is 682 g/mol. The zero-order chi connectivity index (χ0) is 33.7. The number of carbonyl (C=O) groups is 3. The Morgan fingerprint density at radius 3 is 2.22 bits per heavy atom. The molecule has 3 saturated heterocycles. The Balaban J connectivity index is 1.53. The van der Waals surface area contributed by atoms with Gasteiger partial charge in [-0.1, -0.05) is 29.3 Å². The largest absolute Gasteiger partial charge is 0.444 e. The normalized spacial score (nSPS) is 20.9. The molecule has 1 aromatic rings. The van der Waals surface area contributed by atoms with Gasteiger partial charge in [0.2, 0.25) is 5.91 Å². The van der Waals surface area contributed by atoms with E-state index in [0.717, 1.165) is 74.9 Å². The molecule has 0 saturated carbocycles. The van der Waals surface area contributed by atoms with Crippen LogP contribution < -0.4 is 5.32 Å². The maximum absolute atomic E-state index is 14.1. The second kappa shape index (κ2) is 15.4. The van der Waals surface area contributed by atoms with E-state index < -0.39 is 11.1 Å². The first kappa shape index (κ1) is 36.8. The third-order valence-electron chi connectivity index (χ3n) is 10.5. The molecule has 0 bridgehead atoms. The fourth-order valence-corrected chi connectivity index (χ4v) is 8.34. The number of piperidine rings is 3. The molecule has 3 heterocycles. The second-order valence-electron chi connectivity index (χ2n) is 15.0. The summed E-state index contributed by atoms with van der Waals surface area (Å²) in [7, 11) is 5.68. The lowest BCUT2D eigenvalue weighted by molar-refractivity contribution is -0.972. The van der Waals surface area contributed by atoms with Crippen molar-refractivity contribution in [2.45, 2.75) is 89.2 Å². The van der Waals surface area contributed by atoms with Crippen LogP contribution in [0.3, 0.4) is 0 Å². The summed E-state index contributed by atoms with van der Waals surface area (Å²) in [6.45, 7) is 11.7. The van der Waals surface area contributed by atoms with Gasteiger partial charge in [-0.2, -0.15) is 0 Å². The molecular weight excluding hydrogens is 625 g/mol. The number of likely N-dealkylation sites (tertiary alicyclic amines) is 2. The Bertz CT molecular complexity index is 1220. The Morgan fingerprint density at radius 2 is 1.65 bits per heavy atom. The van der Waals surface area contributed by atoms with Crippen molar-refractivity contribution in [3.05, 3.63) is 33.8 Å². The first-order valence-corrected chi connectivity index (χ1v) is 17.9. The minimum atomic E-state index is -0.550. The number of hydrogen-bond acceptors (Lipinski definition) is 5. The monoisotopic (exact) mass is 680 g/mol. The molecule has 1 N–H and O–H groups in total. The Morgan fingerprint density at radius 1 is 1.02 bits per heavy atom. The Labute approximate surface area is 286 Å². The van der Waals surface area contributed by atoms with Crippen molar-refractivity contribution in [2.75, 3.05) is 73.5 Å². The fourth-order valence-electron chi connectivity index (χ4n) is 8.03. The molecule has 0 aromatic heterocycles. The number of ether oxygens (including phenoxy) is 1.